The van der Waals surface area contributed by atoms with Gasteiger partial charge in [-0.15, -0.1) is 0 Å². The Hall–Kier alpha value is -2.59. The number of pyridine rings is 1. The van der Waals surface area contributed by atoms with Gasteiger partial charge in [-0.05, 0) is 24.3 Å². The molecular weight excluding hydrogens is 298 g/mol. The summed E-state index contributed by atoms with van der Waals surface area (Å²) in [4.78, 5) is 12.1. The fourth-order valence-corrected chi connectivity index (χ4v) is 2.41. The van der Waals surface area contributed by atoms with Crippen LogP contribution in [0.15, 0.2) is 60.8 Å². The van der Waals surface area contributed by atoms with Crippen molar-refractivity contribution in [3.8, 4) is 5.75 Å². The van der Waals surface area contributed by atoms with Crippen molar-refractivity contribution in [1.29, 1.82) is 0 Å². The molecule has 0 radical (unpaired) electrons. The summed E-state index contributed by atoms with van der Waals surface area (Å²) in [5.74, 6) is 1.58. The molecule has 4 aromatic rings. The van der Waals surface area contributed by atoms with E-state index in [1.807, 2.05) is 54.6 Å². The molecule has 0 unspecified atom stereocenters. The van der Waals surface area contributed by atoms with E-state index in [4.69, 9.17) is 4.74 Å². The number of aromatic amines is 1. The molecule has 0 saturated heterocycles. The molecule has 0 aliphatic rings. The predicted octanol–water partition coefficient (Wildman–Crippen LogP) is 0.694. The average molecular weight is 311 g/mol. The van der Waals surface area contributed by atoms with Crippen molar-refractivity contribution in [2.45, 2.75) is 6.61 Å². The molecule has 110 valence electrons. The first-order chi connectivity index (χ1) is 10.4. The number of halogens is 1. The van der Waals surface area contributed by atoms with Crippen molar-refractivity contribution in [2.75, 3.05) is 0 Å². The fourth-order valence-electron chi connectivity index (χ4n) is 2.41. The van der Waals surface area contributed by atoms with Gasteiger partial charge in [0.15, 0.2) is 0 Å². The highest BCUT2D eigenvalue weighted by Crippen LogP contribution is 2.23. The number of nitrogens with zero attached hydrogens (tertiary/aromatic N) is 2. The normalized spacial score (nSPS) is 10.5. The summed E-state index contributed by atoms with van der Waals surface area (Å²) in [5.41, 5.74) is 2.84. The van der Waals surface area contributed by atoms with Gasteiger partial charge in [-0.2, -0.15) is 0 Å². The van der Waals surface area contributed by atoms with E-state index in [2.05, 4.69) is 15.0 Å². The lowest BCUT2D eigenvalue weighted by atomic mass is 10.2. The Kier molecular flexibility index (Phi) is 3.94. The molecule has 0 aliphatic carbocycles. The van der Waals surface area contributed by atoms with Crippen LogP contribution >= 0.6 is 0 Å². The van der Waals surface area contributed by atoms with Crippen molar-refractivity contribution in [3.63, 3.8) is 0 Å². The van der Waals surface area contributed by atoms with Gasteiger partial charge in [-0.25, -0.2) is 4.98 Å². The molecule has 0 saturated carbocycles. The van der Waals surface area contributed by atoms with Crippen LogP contribution in [0.4, 0.5) is 0 Å². The number of H-pyrrole nitrogens is 1. The van der Waals surface area contributed by atoms with Crippen molar-refractivity contribution in [3.05, 3.63) is 66.6 Å². The second-order valence-electron chi connectivity index (χ2n) is 4.82. The van der Waals surface area contributed by atoms with E-state index in [9.17, 15) is 0 Å². The molecule has 2 aromatic carbocycles. The number of benzene rings is 2. The maximum absolute atomic E-state index is 5.88. The molecule has 2 aromatic heterocycles. The summed E-state index contributed by atoms with van der Waals surface area (Å²) >= 11 is 0. The molecule has 0 amide bonds. The number of hydrogen-bond donors (Lipinski definition) is 1. The largest absolute Gasteiger partial charge is 1.00 e. The van der Waals surface area contributed by atoms with Crippen LogP contribution in [-0.4, -0.2) is 15.0 Å². The Morgan fingerprint density at radius 2 is 1.82 bits per heavy atom. The molecule has 4 rings (SSSR count). The number of rotatable bonds is 3. The zero-order valence-corrected chi connectivity index (χ0v) is 12.4. The van der Waals surface area contributed by atoms with Gasteiger partial charge < -0.3 is 22.1 Å². The minimum absolute atomic E-state index is 0. The molecule has 0 spiro atoms. The highest BCUT2D eigenvalue weighted by molar-refractivity contribution is 5.84. The third-order valence-electron chi connectivity index (χ3n) is 3.40. The number of hydrogen-bond acceptors (Lipinski definition) is 3. The maximum atomic E-state index is 5.88. The lowest BCUT2D eigenvalue weighted by Crippen LogP contribution is -3.00. The number of imidazole rings is 1. The summed E-state index contributed by atoms with van der Waals surface area (Å²) in [6, 6.07) is 17.8. The first-order valence-electron chi connectivity index (χ1n) is 6.80. The minimum atomic E-state index is 0. The van der Waals surface area contributed by atoms with Crippen LogP contribution < -0.4 is 17.1 Å². The number of para-hydroxylation sites is 3. The molecule has 22 heavy (non-hydrogen) atoms. The second-order valence-corrected chi connectivity index (χ2v) is 4.82. The van der Waals surface area contributed by atoms with E-state index in [-0.39, 0.29) is 12.4 Å². The van der Waals surface area contributed by atoms with Crippen LogP contribution in [0.5, 0.6) is 5.75 Å². The van der Waals surface area contributed by atoms with Crippen LogP contribution in [0.3, 0.4) is 0 Å². The van der Waals surface area contributed by atoms with E-state index in [1.54, 1.807) is 6.20 Å². The monoisotopic (exact) mass is 310 g/mol. The first-order valence-corrected chi connectivity index (χ1v) is 6.80. The maximum Gasteiger partial charge on any atom is 0.146 e. The van der Waals surface area contributed by atoms with Crippen LogP contribution in [0.2, 0.25) is 0 Å². The Morgan fingerprint density at radius 3 is 2.73 bits per heavy atom. The summed E-state index contributed by atoms with van der Waals surface area (Å²) in [5, 5.41) is 1.07. The van der Waals surface area contributed by atoms with Crippen LogP contribution in [0, 0.1) is 0 Å². The molecule has 2 heterocycles. The van der Waals surface area contributed by atoms with Gasteiger partial charge >= 0.3 is 0 Å². The zero-order chi connectivity index (χ0) is 14.1. The molecular formula is C17H13ClN3O-. The van der Waals surface area contributed by atoms with Crippen LogP contribution in [0.1, 0.15) is 5.82 Å². The van der Waals surface area contributed by atoms with E-state index < -0.39 is 0 Å². The summed E-state index contributed by atoms with van der Waals surface area (Å²) < 4.78 is 5.88. The predicted molar refractivity (Wildman–Crippen MR) is 82.2 cm³/mol. The Bertz CT molecular complexity index is 881. The summed E-state index contributed by atoms with van der Waals surface area (Å²) in [6.45, 7) is 0.393. The Balaban J connectivity index is 0.00000144. The molecule has 5 heteroatoms. The van der Waals surface area contributed by atoms with Crippen molar-refractivity contribution in [2.24, 2.45) is 0 Å². The van der Waals surface area contributed by atoms with Crippen LogP contribution in [0.25, 0.3) is 21.9 Å². The molecule has 0 aliphatic heterocycles. The molecule has 0 atom stereocenters. The molecule has 1 N–H and O–H groups in total. The quantitative estimate of drug-likeness (QED) is 0.606. The lowest BCUT2D eigenvalue weighted by Gasteiger charge is -2.06. The van der Waals surface area contributed by atoms with Gasteiger partial charge in [-0.1, -0.05) is 30.3 Å². The zero-order valence-electron chi connectivity index (χ0n) is 11.7. The van der Waals surface area contributed by atoms with E-state index in [0.29, 0.717) is 6.61 Å². The van der Waals surface area contributed by atoms with Gasteiger partial charge in [0.25, 0.3) is 0 Å². The number of fused-ring (bicyclic) bond motifs is 2. The summed E-state index contributed by atoms with van der Waals surface area (Å²) in [6.07, 6.45) is 1.77. The van der Waals surface area contributed by atoms with E-state index in [1.165, 1.54) is 0 Å². The van der Waals surface area contributed by atoms with E-state index in [0.717, 1.165) is 33.5 Å². The molecule has 0 bridgehead atoms. The van der Waals surface area contributed by atoms with Gasteiger partial charge in [0.05, 0.1) is 11.0 Å². The van der Waals surface area contributed by atoms with Gasteiger partial charge in [0, 0.05) is 11.6 Å². The third-order valence-corrected chi connectivity index (χ3v) is 3.40. The van der Waals surface area contributed by atoms with Crippen LogP contribution in [-0.2, 0) is 6.61 Å². The minimum Gasteiger partial charge on any atom is -1.00 e. The highest BCUT2D eigenvalue weighted by Gasteiger charge is 2.06. The smallest absolute Gasteiger partial charge is 0.146 e. The van der Waals surface area contributed by atoms with Gasteiger partial charge in [-0.3, -0.25) is 4.98 Å². The third kappa shape index (κ3) is 2.61. The van der Waals surface area contributed by atoms with Gasteiger partial charge in [0.1, 0.15) is 23.7 Å². The standard InChI is InChI=1S/C17H13N3O.ClH/c1-2-8-14-13(7-1)19-16(20-14)11-21-15-9-3-5-12-6-4-10-18-17(12)15;/h1-10H,11H2,(H,19,20);1H/p-1. The first kappa shape index (κ1) is 14.4. The number of nitrogens with one attached hydrogen (secondary N) is 1. The van der Waals surface area contributed by atoms with Crippen molar-refractivity contribution < 1.29 is 17.1 Å². The molecule has 4 nitrogen and oxygen atoms in total. The Labute approximate surface area is 133 Å². The fraction of sp³-hybridized carbons (Fsp3) is 0.0588. The average Bonchev–Trinajstić information content (AvgIpc) is 2.96. The number of aromatic nitrogens is 3. The van der Waals surface area contributed by atoms with E-state index >= 15 is 0 Å². The van der Waals surface area contributed by atoms with Gasteiger partial charge in [0.2, 0.25) is 0 Å². The topological polar surface area (TPSA) is 50.8 Å². The lowest BCUT2D eigenvalue weighted by molar-refractivity contribution is -0.00000460. The number of ether oxygens (including phenoxy) is 1. The molecule has 0 fully saturated rings. The Morgan fingerprint density at radius 1 is 0.955 bits per heavy atom. The SMILES string of the molecule is [Cl-].c1cnc2c(OCc3nc4ccccc4[nH]3)cccc2c1. The summed E-state index contributed by atoms with van der Waals surface area (Å²) in [7, 11) is 0. The van der Waals surface area contributed by atoms with Crippen molar-refractivity contribution >= 4 is 21.9 Å². The second kappa shape index (κ2) is 6.03. The van der Waals surface area contributed by atoms with Crippen molar-refractivity contribution in [1.82, 2.24) is 15.0 Å². The highest BCUT2D eigenvalue weighted by atomic mass is 35.5.